The van der Waals surface area contributed by atoms with Gasteiger partial charge in [0, 0.05) is 5.33 Å². The maximum atomic E-state index is 11.5. The van der Waals surface area contributed by atoms with E-state index in [1.165, 1.54) is 0 Å². The summed E-state index contributed by atoms with van der Waals surface area (Å²) < 4.78 is 5.22. The highest BCUT2D eigenvalue weighted by Gasteiger charge is 2.15. The Morgan fingerprint density at radius 1 is 1.44 bits per heavy atom. The van der Waals surface area contributed by atoms with E-state index in [0.29, 0.717) is 6.61 Å². The number of carbonyl (C=O) groups excluding carboxylic acids is 1. The smallest absolute Gasteiger partial charge is 0.320 e. The molecule has 0 aliphatic heterocycles. The van der Waals surface area contributed by atoms with Crippen LogP contribution in [0.3, 0.4) is 0 Å². The summed E-state index contributed by atoms with van der Waals surface area (Å²) in [6, 6.07) is 7.89. The van der Waals surface area contributed by atoms with Crippen molar-refractivity contribution in [2.45, 2.75) is 24.8 Å². The quantitative estimate of drug-likeness (QED) is 0.599. The Hall–Kier alpha value is -0.350. The molecule has 88 valence electrons. The number of halogens is 2. The van der Waals surface area contributed by atoms with E-state index in [1.54, 1.807) is 0 Å². The van der Waals surface area contributed by atoms with Gasteiger partial charge in [0.05, 0.1) is 0 Å². The van der Waals surface area contributed by atoms with Crippen molar-refractivity contribution in [2.75, 3.05) is 5.33 Å². The van der Waals surface area contributed by atoms with Crippen LogP contribution in [0.25, 0.3) is 0 Å². The lowest BCUT2D eigenvalue weighted by Crippen LogP contribution is -2.17. The zero-order valence-corrected chi connectivity index (χ0v) is 12.3. The summed E-state index contributed by atoms with van der Waals surface area (Å²) in [6.07, 6.45) is 0.729. The molecule has 2 nitrogen and oxygen atoms in total. The topological polar surface area (TPSA) is 26.3 Å². The number of carbonyl (C=O) groups is 1. The first-order valence-electron chi connectivity index (χ1n) is 5.06. The number of hydrogen-bond donors (Lipinski definition) is 0. The Labute approximate surface area is 113 Å². The second-order valence-electron chi connectivity index (χ2n) is 3.48. The van der Waals surface area contributed by atoms with Crippen LogP contribution in [0.4, 0.5) is 0 Å². The zero-order chi connectivity index (χ0) is 12.0. The van der Waals surface area contributed by atoms with Gasteiger partial charge in [-0.2, -0.15) is 0 Å². The van der Waals surface area contributed by atoms with Crippen LogP contribution in [-0.2, 0) is 16.1 Å². The minimum Gasteiger partial charge on any atom is -0.460 e. The van der Waals surface area contributed by atoms with Gasteiger partial charge in [0.15, 0.2) is 0 Å². The van der Waals surface area contributed by atoms with Crippen molar-refractivity contribution < 1.29 is 9.53 Å². The van der Waals surface area contributed by atoms with E-state index in [2.05, 4.69) is 31.9 Å². The van der Waals surface area contributed by atoms with Crippen molar-refractivity contribution in [2.24, 2.45) is 0 Å². The molecule has 0 aromatic heterocycles. The van der Waals surface area contributed by atoms with Crippen molar-refractivity contribution in [3.63, 3.8) is 0 Å². The van der Waals surface area contributed by atoms with Crippen LogP contribution < -0.4 is 0 Å². The molecular weight excluding hydrogens is 336 g/mol. The van der Waals surface area contributed by atoms with Crippen molar-refractivity contribution in [3.8, 4) is 0 Å². The van der Waals surface area contributed by atoms with E-state index in [9.17, 15) is 4.79 Å². The zero-order valence-electron chi connectivity index (χ0n) is 9.08. The monoisotopic (exact) mass is 348 g/mol. The van der Waals surface area contributed by atoms with E-state index >= 15 is 0 Å². The molecule has 1 rings (SSSR count). The molecule has 0 N–H and O–H groups in total. The molecule has 1 aromatic carbocycles. The SMILES string of the molecule is Cc1ccccc1COC(=O)C(Br)CCBr. The molecule has 1 atom stereocenters. The lowest BCUT2D eigenvalue weighted by molar-refractivity contribution is -0.144. The van der Waals surface area contributed by atoms with E-state index < -0.39 is 0 Å². The highest BCUT2D eigenvalue weighted by atomic mass is 79.9. The molecule has 0 bridgehead atoms. The Kier molecular flexibility index (Phi) is 6.06. The second kappa shape index (κ2) is 7.07. The molecule has 0 saturated heterocycles. The largest absolute Gasteiger partial charge is 0.460 e. The molecule has 0 amide bonds. The molecule has 1 unspecified atom stereocenters. The predicted molar refractivity (Wildman–Crippen MR) is 72.1 cm³/mol. The van der Waals surface area contributed by atoms with Gasteiger partial charge < -0.3 is 4.74 Å². The summed E-state index contributed by atoms with van der Waals surface area (Å²) >= 11 is 6.58. The standard InChI is InChI=1S/C12H14Br2O2/c1-9-4-2-3-5-10(9)8-16-12(15)11(14)6-7-13/h2-5,11H,6-8H2,1H3. The third kappa shape index (κ3) is 4.26. The van der Waals surface area contributed by atoms with Gasteiger partial charge in [-0.15, -0.1) is 0 Å². The number of alkyl halides is 2. The summed E-state index contributed by atoms with van der Waals surface area (Å²) in [5, 5.41) is 0.780. The molecule has 1 aromatic rings. The van der Waals surface area contributed by atoms with Gasteiger partial charge in [-0.1, -0.05) is 56.1 Å². The summed E-state index contributed by atoms with van der Waals surface area (Å²) in [6.45, 7) is 2.35. The molecule has 0 heterocycles. The van der Waals surface area contributed by atoms with E-state index in [4.69, 9.17) is 4.74 Å². The minimum absolute atomic E-state index is 0.206. The van der Waals surface area contributed by atoms with Gasteiger partial charge in [0.25, 0.3) is 0 Å². The first-order chi connectivity index (χ1) is 7.65. The van der Waals surface area contributed by atoms with Crippen LogP contribution in [0.2, 0.25) is 0 Å². The Morgan fingerprint density at radius 2 is 2.12 bits per heavy atom. The number of esters is 1. The number of ether oxygens (including phenoxy) is 1. The van der Waals surface area contributed by atoms with Crippen molar-refractivity contribution in [1.29, 1.82) is 0 Å². The summed E-state index contributed by atoms with van der Waals surface area (Å²) in [4.78, 5) is 11.3. The molecular formula is C12H14Br2O2. The fourth-order valence-corrected chi connectivity index (χ4v) is 2.66. The normalized spacial score (nSPS) is 12.2. The highest BCUT2D eigenvalue weighted by molar-refractivity contribution is 9.10. The summed E-state index contributed by atoms with van der Waals surface area (Å²) in [5.41, 5.74) is 2.19. The van der Waals surface area contributed by atoms with Crippen molar-refractivity contribution in [1.82, 2.24) is 0 Å². The van der Waals surface area contributed by atoms with Crippen molar-refractivity contribution in [3.05, 3.63) is 35.4 Å². The molecule has 0 radical (unpaired) electrons. The number of rotatable bonds is 5. The van der Waals surface area contributed by atoms with Gasteiger partial charge in [0.2, 0.25) is 0 Å². The van der Waals surface area contributed by atoms with Crippen LogP contribution in [0.15, 0.2) is 24.3 Å². The fraction of sp³-hybridized carbons (Fsp3) is 0.417. The molecule has 0 aliphatic carbocycles. The predicted octanol–water partition coefficient (Wildman–Crippen LogP) is 3.59. The Bertz CT molecular complexity index is 353. The van der Waals surface area contributed by atoms with Crippen LogP contribution in [0.5, 0.6) is 0 Å². The highest BCUT2D eigenvalue weighted by Crippen LogP contribution is 2.13. The third-order valence-electron chi connectivity index (χ3n) is 2.25. The van der Waals surface area contributed by atoms with Crippen LogP contribution in [0, 0.1) is 6.92 Å². The van der Waals surface area contributed by atoms with Gasteiger partial charge in [0.1, 0.15) is 11.4 Å². The van der Waals surface area contributed by atoms with Crippen molar-refractivity contribution >= 4 is 37.8 Å². The average Bonchev–Trinajstić information content (AvgIpc) is 2.28. The second-order valence-corrected chi connectivity index (χ2v) is 5.38. The third-order valence-corrected chi connectivity index (χ3v) is 3.54. The molecule has 0 aliphatic rings. The van der Waals surface area contributed by atoms with Crippen LogP contribution >= 0.6 is 31.9 Å². The molecule has 0 fully saturated rings. The van der Waals surface area contributed by atoms with Gasteiger partial charge >= 0.3 is 5.97 Å². The number of hydrogen-bond acceptors (Lipinski definition) is 2. The van der Waals surface area contributed by atoms with E-state index in [-0.39, 0.29) is 10.8 Å². The van der Waals surface area contributed by atoms with Crippen LogP contribution in [0.1, 0.15) is 17.5 Å². The van der Waals surface area contributed by atoms with E-state index in [0.717, 1.165) is 22.9 Å². The lowest BCUT2D eigenvalue weighted by Gasteiger charge is -2.10. The number of benzene rings is 1. The first-order valence-corrected chi connectivity index (χ1v) is 7.10. The summed E-state index contributed by atoms with van der Waals surface area (Å²) in [7, 11) is 0. The van der Waals surface area contributed by atoms with Gasteiger partial charge in [-0.25, -0.2) is 0 Å². The van der Waals surface area contributed by atoms with Crippen LogP contribution in [-0.4, -0.2) is 16.1 Å². The fourth-order valence-electron chi connectivity index (χ4n) is 1.22. The van der Waals surface area contributed by atoms with Gasteiger partial charge in [-0.3, -0.25) is 4.79 Å². The number of aryl methyl sites for hydroxylation is 1. The van der Waals surface area contributed by atoms with Gasteiger partial charge in [-0.05, 0) is 24.5 Å². The minimum atomic E-state index is -0.226. The average molecular weight is 350 g/mol. The van der Waals surface area contributed by atoms with E-state index in [1.807, 2.05) is 31.2 Å². The summed E-state index contributed by atoms with van der Waals surface area (Å²) in [5.74, 6) is -0.206. The Morgan fingerprint density at radius 3 is 2.75 bits per heavy atom. The maximum absolute atomic E-state index is 11.5. The maximum Gasteiger partial charge on any atom is 0.320 e. The Balaban J connectivity index is 2.46. The lowest BCUT2D eigenvalue weighted by atomic mass is 10.1. The first kappa shape index (κ1) is 13.7. The molecule has 16 heavy (non-hydrogen) atoms. The molecule has 0 spiro atoms. The molecule has 0 saturated carbocycles. The molecule has 4 heteroatoms.